The van der Waals surface area contributed by atoms with Crippen molar-refractivity contribution in [3.8, 4) is 0 Å². The number of hydrogen-bond donors (Lipinski definition) is 2. The number of carbonyl (C=O) groups is 2. The number of nitrogens with one attached hydrogen (secondary N) is 1. The van der Waals surface area contributed by atoms with E-state index in [1.807, 2.05) is 0 Å². The highest BCUT2D eigenvalue weighted by Gasteiger charge is 2.59. The molecule has 1 saturated heterocycles. The molecule has 2 aliphatic heterocycles. The second kappa shape index (κ2) is 9.79. The SMILES string of the molecule is CCC(=O)OC[C@H]1O[C@@H]([C@H]2C=Nc3c(NC)nc(N)nc32)[C@](C)(F)[C@@H]1OCOC(=O)C(C)(C)C. The predicted octanol–water partition coefficient (Wildman–Crippen LogP) is 2.28. The zero-order valence-corrected chi connectivity index (χ0v) is 20.3. The van der Waals surface area contributed by atoms with Gasteiger partial charge in [-0.3, -0.25) is 14.6 Å². The van der Waals surface area contributed by atoms with Crippen LogP contribution in [0.15, 0.2) is 4.99 Å². The van der Waals surface area contributed by atoms with Crippen LogP contribution < -0.4 is 11.1 Å². The summed E-state index contributed by atoms with van der Waals surface area (Å²) in [6.07, 6.45) is -1.56. The summed E-state index contributed by atoms with van der Waals surface area (Å²) in [4.78, 5) is 36.5. The molecule has 2 aliphatic rings. The first-order valence-electron chi connectivity index (χ1n) is 11.1. The molecule has 188 valence electrons. The van der Waals surface area contributed by atoms with Crippen molar-refractivity contribution in [1.29, 1.82) is 0 Å². The molecule has 0 aliphatic carbocycles. The third kappa shape index (κ3) is 5.12. The number of anilines is 2. The van der Waals surface area contributed by atoms with Crippen LogP contribution in [0, 0.1) is 5.41 Å². The van der Waals surface area contributed by atoms with E-state index in [0.717, 1.165) is 0 Å². The van der Waals surface area contributed by atoms with E-state index in [0.29, 0.717) is 17.2 Å². The number of esters is 2. The van der Waals surface area contributed by atoms with Gasteiger partial charge in [0.15, 0.2) is 18.3 Å². The Labute approximate surface area is 197 Å². The predicted molar refractivity (Wildman–Crippen MR) is 122 cm³/mol. The van der Waals surface area contributed by atoms with Crippen LogP contribution in [0.1, 0.15) is 52.7 Å². The smallest absolute Gasteiger partial charge is 0.313 e. The van der Waals surface area contributed by atoms with E-state index in [9.17, 15) is 9.59 Å². The van der Waals surface area contributed by atoms with Gasteiger partial charge in [0.2, 0.25) is 5.95 Å². The summed E-state index contributed by atoms with van der Waals surface area (Å²) in [5.74, 6) is -1.24. The van der Waals surface area contributed by atoms with Crippen LogP contribution in [0.2, 0.25) is 0 Å². The Morgan fingerprint density at radius 2 is 2.00 bits per heavy atom. The number of halogens is 1. The minimum absolute atomic E-state index is 0.00692. The summed E-state index contributed by atoms with van der Waals surface area (Å²) in [5, 5.41) is 2.90. The number of carbonyl (C=O) groups excluding carboxylic acids is 2. The van der Waals surface area contributed by atoms with Crippen LogP contribution in [0.3, 0.4) is 0 Å². The maximum absolute atomic E-state index is 16.3. The Bertz CT molecular complexity index is 964. The second-order valence-corrected chi connectivity index (χ2v) is 9.39. The van der Waals surface area contributed by atoms with Crippen molar-refractivity contribution in [2.75, 3.05) is 31.5 Å². The van der Waals surface area contributed by atoms with Crippen molar-refractivity contribution < 1.29 is 32.9 Å². The first-order valence-corrected chi connectivity index (χ1v) is 11.1. The Morgan fingerprint density at radius 1 is 1.29 bits per heavy atom. The second-order valence-electron chi connectivity index (χ2n) is 9.39. The van der Waals surface area contributed by atoms with Crippen molar-refractivity contribution >= 4 is 35.6 Å². The molecule has 0 bridgehead atoms. The van der Waals surface area contributed by atoms with Crippen LogP contribution in [0.4, 0.5) is 21.8 Å². The van der Waals surface area contributed by atoms with Crippen molar-refractivity contribution in [2.45, 2.75) is 70.9 Å². The van der Waals surface area contributed by atoms with Crippen LogP contribution in [0.5, 0.6) is 0 Å². The van der Waals surface area contributed by atoms with E-state index < -0.39 is 54.0 Å². The number of alkyl halides is 1. The maximum Gasteiger partial charge on any atom is 0.313 e. The number of hydrogen-bond acceptors (Lipinski definition) is 11. The number of ether oxygens (including phenoxy) is 4. The summed E-state index contributed by atoms with van der Waals surface area (Å²) in [6, 6.07) is 0. The average Bonchev–Trinajstić information content (AvgIpc) is 3.28. The molecular formula is C22H32FN5O6. The van der Waals surface area contributed by atoms with E-state index in [2.05, 4.69) is 20.3 Å². The maximum atomic E-state index is 16.3. The van der Waals surface area contributed by atoms with E-state index in [-0.39, 0.29) is 19.0 Å². The van der Waals surface area contributed by atoms with Crippen LogP contribution in [-0.2, 0) is 28.5 Å². The molecule has 3 heterocycles. The largest absolute Gasteiger partial charge is 0.463 e. The zero-order chi connectivity index (χ0) is 25.3. The van der Waals surface area contributed by atoms with Gasteiger partial charge >= 0.3 is 11.9 Å². The first kappa shape index (κ1) is 25.8. The fraction of sp³-hybridized carbons (Fsp3) is 0.682. The van der Waals surface area contributed by atoms with E-state index in [1.165, 1.54) is 13.1 Å². The van der Waals surface area contributed by atoms with Crippen LogP contribution in [-0.4, -0.2) is 72.5 Å². The van der Waals surface area contributed by atoms with Gasteiger partial charge in [0.25, 0.3) is 0 Å². The first-order chi connectivity index (χ1) is 15.9. The molecule has 1 aromatic rings. The van der Waals surface area contributed by atoms with Gasteiger partial charge < -0.3 is 30.0 Å². The highest BCUT2D eigenvalue weighted by atomic mass is 19.1. The third-order valence-corrected chi connectivity index (χ3v) is 5.69. The van der Waals surface area contributed by atoms with Crippen molar-refractivity contribution in [3.63, 3.8) is 0 Å². The zero-order valence-electron chi connectivity index (χ0n) is 20.3. The van der Waals surface area contributed by atoms with Crippen molar-refractivity contribution in [2.24, 2.45) is 10.4 Å². The molecule has 5 atom stereocenters. The molecule has 12 heteroatoms. The van der Waals surface area contributed by atoms with Crippen LogP contribution in [0.25, 0.3) is 0 Å². The van der Waals surface area contributed by atoms with Gasteiger partial charge in [0.1, 0.15) is 30.6 Å². The Morgan fingerprint density at radius 3 is 2.62 bits per heavy atom. The van der Waals surface area contributed by atoms with E-state index in [1.54, 1.807) is 34.7 Å². The minimum Gasteiger partial charge on any atom is -0.463 e. The molecule has 0 amide bonds. The Balaban J connectivity index is 1.84. The monoisotopic (exact) mass is 481 g/mol. The van der Waals surface area contributed by atoms with Crippen LogP contribution >= 0.6 is 0 Å². The summed E-state index contributed by atoms with van der Waals surface area (Å²) >= 11 is 0. The molecule has 0 saturated carbocycles. The fourth-order valence-corrected chi connectivity index (χ4v) is 3.88. The average molecular weight is 482 g/mol. The molecular weight excluding hydrogens is 449 g/mol. The number of nitrogens with two attached hydrogens (primary N) is 1. The topological polar surface area (TPSA) is 147 Å². The number of nitrogens with zero attached hydrogens (tertiary/aromatic N) is 3. The summed E-state index contributed by atoms with van der Waals surface area (Å²) < 4.78 is 38.4. The summed E-state index contributed by atoms with van der Waals surface area (Å²) in [7, 11) is 1.66. The molecule has 0 spiro atoms. The number of aliphatic imine (C=N–C) groups is 1. The van der Waals surface area contributed by atoms with Gasteiger partial charge in [-0.1, -0.05) is 6.92 Å². The van der Waals surface area contributed by atoms with Gasteiger partial charge in [0.05, 0.1) is 17.0 Å². The third-order valence-electron chi connectivity index (χ3n) is 5.69. The van der Waals surface area contributed by atoms with E-state index in [4.69, 9.17) is 24.7 Å². The van der Waals surface area contributed by atoms with Gasteiger partial charge in [-0.15, -0.1) is 0 Å². The molecule has 3 N–H and O–H groups in total. The number of nitrogen functional groups attached to an aromatic ring is 1. The standard InChI is InChI=1S/C22H32FN5O6/c1-7-13(29)31-9-12-17(32-10-33-19(30)21(2,3)4)22(5,23)16(34-12)11-8-26-15-14(11)27-20(24)28-18(15)25-6/h8,11-12,16-17H,7,9-10H2,1-6H3,(H3,24,25,27,28)/t11-,12+,16-,17+,22-/m0/s1. The molecule has 0 aromatic carbocycles. The van der Waals surface area contributed by atoms with Gasteiger partial charge in [-0.25, -0.2) is 9.37 Å². The normalized spacial score (nSPS) is 28.0. The van der Waals surface area contributed by atoms with E-state index >= 15 is 4.39 Å². The highest BCUT2D eigenvalue weighted by molar-refractivity contribution is 5.85. The lowest BCUT2D eigenvalue weighted by atomic mass is 9.86. The fourth-order valence-electron chi connectivity index (χ4n) is 3.88. The minimum atomic E-state index is -2.09. The molecule has 1 fully saturated rings. The lowest BCUT2D eigenvalue weighted by Gasteiger charge is -2.29. The van der Waals surface area contributed by atoms with Crippen molar-refractivity contribution in [3.05, 3.63) is 5.69 Å². The summed E-state index contributed by atoms with van der Waals surface area (Å²) in [5.41, 5.74) is 3.85. The number of aromatic nitrogens is 2. The summed E-state index contributed by atoms with van der Waals surface area (Å²) in [6.45, 7) is 7.34. The lowest BCUT2D eigenvalue weighted by Crippen LogP contribution is -2.46. The molecule has 11 nitrogen and oxygen atoms in total. The molecule has 1 aromatic heterocycles. The van der Waals surface area contributed by atoms with Gasteiger partial charge in [-0.2, -0.15) is 4.98 Å². The lowest BCUT2D eigenvalue weighted by molar-refractivity contribution is -0.180. The van der Waals surface area contributed by atoms with Gasteiger partial charge in [-0.05, 0) is 27.7 Å². The molecule has 0 unspecified atom stereocenters. The number of rotatable bonds is 8. The Hall–Kier alpha value is -2.86. The van der Waals surface area contributed by atoms with Crippen molar-refractivity contribution in [1.82, 2.24) is 9.97 Å². The molecule has 0 radical (unpaired) electrons. The highest BCUT2D eigenvalue weighted by Crippen LogP contribution is 2.47. The quantitative estimate of drug-likeness (QED) is 0.418. The molecule has 34 heavy (non-hydrogen) atoms. The molecule has 3 rings (SSSR count). The van der Waals surface area contributed by atoms with Gasteiger partial charge in [0, 0.05) is 19.7 Å². The Kier molecular flexibility index (Phi) is 7.41. The number of fused-ring (bicyclic) bond motifs is 1.